The van der Waals surface area contributed by atoms with Crippen LogP contribution in [0, 0.1) is 5.82 Å². The Balaban J connectivity index is 2.12. The monoisotopic (exact) mass is 269 g/mol. The van der Waals surface area contributed by atoms with Crippen LogP contribution < -0.4 is 5.32 Å². The van der Waals surface area contributed by atoms with Crippen LogP contribution in [0.15, 0.2) is 18.2 Å². The maximum Gasteiger partial charge on any atom is 0.254 e. The minimum absolute atomic E-state index is 0.0882. The molecule has 2 N–H and O–H groups in total. The maximum atomic E-state index is 13.5. The van der Waals surface area contributed by atoms with Gasteiger partial charge in [-0.2, -0.15) is 5.21 Å². The lowest BCUT2D eigenvalue weighted by molar-refractivity contribution is 0.0934. The lowest BCUT2D eigenvalue weighted by Gasteiger charge is -2.10. The minimum atomic E-state index is -0.680. The quantitative estimate of drug-likeness (QED) is 0.884. The molecule has 0 aliphatic heterocycles. The molecular weight excluding hydrogens is 261 g/mol. The summed E-state index contributed by atoms with van der Waals surface area (Å²) in [5, 5.41) is 15.9. The van der Waals surface area contributed by atoms with Gasteiger partial charge in [0.25, 0.3) is 5.91 Å². The zero-order valence-electron chi connectivity index (χ0n) is 9.32. The lowest BCUT2D eigenvalue weighted by atomic mass is 10.2. The van der Waals surface area contributed by atoms with E-state index in [9.17, 15) is 9.18 Å². The largest absolute Gasteiger partial charge is 0.342 e. The van der Waals surface area contributed by atoms with Crippen LogP contribution in [-0.4, -0.2) is 26.5 Å². The van der Waals surface area contributed by atoms with E-state index < -0.39 is 17.8 Å². The van der Waals surface area contributed by atoms with Crippen molar-refractivity contribution < 1.29 is 9.18 Å². The molecule has 18 heavy (non-hydrogen) atoms. The second-order valence-corrected chi connectivity index (χ2v) is 4.03. The molecule has 0 fully saturated rings. The number of nitrogens with zero attached hydrogens (tertiary/aromatic N) is 3. The van der Waals surface area contributed by atoms with Crippen LogP contribution in [0.25, 0.3) is 0 Å². The van der Waals surface area contributed by atoms with E-state index in [1.165, 1.54) is 12.1 Å². The fraction of sp³-hybridized carbons (Fsp3) is 0.200. The molecule has 1 unspecified atom stereocenters. The van der Waals surface area contributed by atoms with Crippen molar-refractivity contribution >= 4 is 17.5 Å². The van der Waals surface area contributed by atoms with Crippen LogP contribution in [0.4, 0.5) is 4.39 Å². The number of aromatic amines is 1. The molecule has 0 aliphatic rings. The van der Waals surface area contributed by atoms with Crippen LogP contribution in [-0.2, 0) is 0 Å². The van der Waals surface area contributed by atoms with E-state index in [4.69, 9.17) is 11.6 Å². The van der Waals surface area contributed by atoms with E-state index >= 15 is 0 Å². The molecule has 1 aromatic carbocycles. The second-order valence-electron chi connectivity index (χ2n) is 3.59. The molecule has 1 aromatic heterocycles. The first kappa shape index (κ1) is 12.4. The molecule has 2 aromatic rings. The summed E-state index contributed by atoms with van der Waals surface area (Å²) in [5.41, 5.74) is -0.0882. The van der Waals surface area contributed by atoms with Crippen molar-refractivity contribution in [2.75, 3.05) is 0 Å². The van der Waals surface area contributed by atoms with E-state index in [2.05, 4.69) is 25.9 Å². The molecule has 0 radical (unpaired) electrons. The van der Waals surface area contributed by atoms with E-state index in [1.807, 2.05) is 0 Å². The molecule has 0 spiro atoms. The summed E-state index contributed by atoms with van der Waals surface area (Å²) in [7, 11) is 0. The molecule has 8 heteroatoms. The number of halogens is 2. The predicted octanol–water partition coefficient (Wildman–Crippen LogP) is 1.48. The molecule has 1 atom stereocenters. The van der Waals surface area contributed by atoms with Gasteiger partial charge < -0.3 is 5.32 Å². The number of amides is 1. The summed E-state index contributed by atoms with van der Waals surface area (Å²) < 4.78 is 13.5. The molecule has 2 rings (SSSR count). The number of tetrazole rings is 1. The molecule has 0 aliphatic carbocycles. The lowest BCUT2D eigenvalue weighted by Crippen LogP contribution is -2.28. The Hall–Kier alpha value is -2.02. The Labute approximate surface area is 107 Å². The smallest absolute Gasteiger partial charge is 0.254 e. The molecular formula is C10H9ClFN5O. The van der Waals surface area contributed by atoms with Crippen molar-refractivity contribution in [2.45, 2.75) is 13.0 Å². The zero-order chi connectivity index (χ0) is 13.1. The summed E-state index contributed by atoms with van der Waals surface area (Å²) in [6, 6.07) is 3.36. The normalized spacial score (nSPS) is 12.2. The number of carbonyl (C=O) groups excluding carboxylic acids is 1. The van der Waals surface area contributed by atoms with Gasteiger partial charge in [-0.3, -0.25) is 4.79 Å². The summed E-state index contributed by atoms with van der Waals surface area (Å²) in [4.78, 5) is 11.8. The maximum absolute atomic E-state index is 13.5. The second kappa shape index (κ2) is 5.09. The number of benzene rings is 1. The van der Waals surface area contributed by atoms with Gasteiger partial charge in [-0.25, -0.2) is 4.39 Å². The van der Waals surface area contributed by atoms with Crippen molar-refractivity contribution in [1.82, 2.24) is 25.9 Å². The average Bonchev–Trinajstić information content (AvgIpc) is 2.81. The van der Waals surface area contributed by atoms with Crippen molar-refractivity contribution in [2.24, 2.45) is 0 Å². The third-order valence-electron chi connectivity index (χ3n) is 2.27. The molecule has 94 valence electrons. The Bertz CT molecular complexity index is 559. The van der Waals surface area contributed by atoms with Gasteiger partial charge in [0.15, 0.2) is 5.82 Å². The summed E-state index contributed by atoms with van der Waals surface area (Å²) in [6.07, 6.45) is 0. The van der Waals surface area contributed by atoms with Crippen LogP contribution in [0.3, 0.4) is 0 Å². The van der Waals surface area contributed by atoms with Crippen molar-refractivity contribution in [1.29, 1.82) is 0 Å². The Morgan fingerprint density at radius 3 is 2.94 bits per heavy atom. The van der Waals surface area contributed by atoms with E-state index in [0.29, 0.717) is 5.82 Å². The van der Waals surface area contributed by atoms with Crippen molar-refractivity contribution in [3.63, 3.8) is 0 Å². The molecule has 1 amide bonds. The standard InChI is InChI=1S/C10H9ClFN5O/c1-5(9-14-16-17-15-9)13-10(18)7-3-2-6(11)4-8(7)12/h2-5H,1H3,(H,13,18)(H,14,15,16,17). The highest BCUT2D eigenvalue weighted by atomic mass is 35.5. The first-order chi connectivity index (χ1) is 8.58. The Morgan fingerprint density at radius 1 is 1.56 bits per heavy atom. The van der Waals surface area contributed by atoms with Crippen molar-refractivity contribution in [3.05, 3.63) is 40.4 Å². The number of aromatic nitrogens is 4. The van der Waals surface area contributed by atoms with Gasteiger partial charge in [0.1, 0.15) is 5.82 Å². The van der Waals surface area contributed by atoms with Crippen molar-refractivity contribution in [3.8, 4) is 0 Å². The first-order valence-corrected chi connectivity index (χ1v) is 5.45. The third-order valence-corrected chi connectivity index (χ3v) is 2.51. The van der Waals surface area contributed by atoms with Gasteiger partial charge >= 0.3 is 0 Å². The predicted molar refractivity (Wildman–Crippen MR) is 61.5 cm³/mol. The van der Waals surface area contributed by atoms with Crippen LogP contribution in [0.1, 0.15) is 29.1 Å². The third kappa shape index (κ3) is 2.62. The first-order valence-electron chi connectivity index (χ1n) is 5.07. The number of rotatable bonds is 3. The highest BCUT2D eigenvalue weighted by Gasteiger charge is 2.17. The van der Waals surface area contributed by atoms with Crippen LogP contribution in [0.5, 0.6) is 0 Å². The molecule has 1 heterocycles. The van der Waals surface area contributed by atoms with Gasteiger partial charge in [0, 0.05) is 5.02 Å². The van der Waals surface area contributed by atoms with E-state index in [0.717, 1.165) is 6.07 Å². The molecule has 6 nitrogen and oxygen atoms in total. The SMILES string of the molecule is CC(NC(=O)c1ccc(Cl)cc1F)c1nn[nH]n1. The number of carbonyl (C=O) groups is 1. The summed E-state index contributed by atoms with van der Waals surface area (Å²) in [6.45, 7) is 1.66. The fourth-order valence-corrected chi connectivity index (χ4v) is 1.52. The van der Waals surface area contributed by atoms with Gasteiger partial charge in [-0.05, 0) is 25.1 Å². The fourth-order valence-electron chi connectivity index (χ4n) is 1.37. The van der Waals surface area contributed by atoms with Crippen LogP contribution in [0.2, 0.25) is 5.02 Å². The highest BCUT2D eigenvalue weighted by Crippen LogP contribution is 2.15. The van der Waals surface area contributed by atoms with Crippen LogP contribution >= 0.6 is 11.6 Å². The molecule has 0 bridgehead atoms. The molecule has 0 saturated carbocycles. The number of H-pyrrole nitrogens is 1. The number of nitrogens with one attached hydrogen (secondary N) is 2. The Kier molecular flexibility index (Phi) is 3.52. The topological polar surface area (TPSA) is 83.6 Å². The Morgan fingerprint density at radius 2 is 2.33 bits per heavy atom. The van der Waals surface area contributed by atoms with Gasteiger partial charge in [0.2, 0.25) is 0 Å². The summed E-state index contributed by atoms with van der Waals surface area (Å²) >= 11 is 5.60. The van der Waals surface area contributed by atoms with Gasteiger partial charge in [0.05, 0.1) is 11.6 Å². The number of hydrogen-bond donors (Lipinski definition) is 2. The summed E-state index contributed by atoms with van der Waals surface area (Å²) in [5.74, 6) is -0.931. The average molecular weight is 270 g/mol. The van der Waals surface area contributed by atoms with E-state index in [-0.39, 0.29) is 10.6 Å². The molecule has 0 saturated heterocycles. The zero-order valence-corrected chi connectivity index (χ0v) is 10.1. The van der Waals surface area contributed by atoms with Gasteiger partial charge in [-0.15, -0.1) is 10.2 Å². The van der Waals surface area contributed by atoms with Gasteiger partial charge in [-0.1, -0.05) is 16.8 Å². The van der Waals surface area contributed by atoms with E-state index in [1.54, 1.807) is 6.92 Å². The number of hydrogen-bond acceptors (Lipinski definition) is 4. The highest BCUT2D eigenvalue weighted by molar-refractivity contribution is 6.30. The minimum Gasteiger partial charge on any atom is -0.342 e.